The van der Waals surface area contributed by atoms with E-state index in [1.165, 1.54) is 0 Å². The Morgan fingerprint density at radius 1 is 1.32 bits per heavy atom. The summed E-state index contributed by atoms with van der Waals surface area (Å²) in [6.45, 7) is 4.69. The number of rotatable bonds is 1. The fraction of sp³-hybridized carbons (Fsp3) is 0.714. The molecule has 0 amide bonds. The number of hydrogen-bond acceptors (Lipinski definition) is 4. The summed E-state index contributed by atoms with van der Waals surface area (Å²) >= 11 is 0. The minimum absolute atomic E-state index is 0.0234. The molecule has 5 nitrogen and oxygen atoms in total. The molecule has 0 bridgehead atoms. The quantitative estimate of drug-likeness (QED) is 0.634. The standard InChI is InChI=1S/C21H26F2O5/c1-10-6-12-13-8-15(22)14-7-11(24)4-5-18(14,2)20(13,23)16(25)9-19(12,3)21(10,28)17(26)27/h7-8,10,12-13,16,25,28H,4-6,9H2,1-3H3,(H,26,27). The number of aliphatic hydroxyl groups is 2. The van der Waals surface area contributed by atoms with E-state index in [0.29, 0.717) is 0 Å². The molecule has 2 fully saturated rings. The second-order valence-corrected chi connectivity index (χ2v) is 9.62. The lowest BCUT2D eigenvalue weighted by atomic mass is 9.45. The molecule has 28 heavy (non-hydrogen) atoms. The molecule has 3 N–H and O–H groups in total. The Hall–Kier alpha value is -1.60. The van der Waals surface area contributed by atoms with Crippen LogP contribution >= 0.6 is 0 Å². The fourth-order valence-electron chi connectivity index (χ4n) is 6.88. The van der Waals surface area contributed by atoms with Crippen LogP contribution in [-0.2, 0) is 9.59 Å². The molecule has 7 heteroatoms. The van der Waals surface area contributed by atoms with Crippen LogP contribution in [0.1, 0.15) is 46.5 Å². The van der Waals surface area contributed by atoms with Gasteiger partial charge in [-0.2, -0.15) is 0 Å². The number of fused-ring (bicyclic) bond motifs is 5. The van der Waals surface area contributed by atoms with Crippen molar-refractivity contribution in [2.75, 3.05) is 0 Å². The SMILES string of the molecule is CC1CC2C3C=C(F)C4=CC(=O)CCC4(C)C3(F)C(O)CC2(C)C1(O)C(=O)O. The summed E-state index contributed by atoms with van der Waals surface area (Å²) < 4.78 is 31.8. The lowest BCUT2D eigenvalue weighted by Crippen LogP contribution is -2.69. The molecule has 0 spiro atoms. The van der Waals surface area contributed by atoms with Gasteiger partial charge in [0.1, 0.15) is 5.83 Å². The van der Waals surface area contributed by atoms with Gasteiger partial charge in [0.05, 0.1) is 6.10 Å². The van der Waals surface area contributed by atoms with Crippen molar-refractivity contribution in [1.82, 2.24) is 0 Å². The number of alkyl halides is 1. The number of carboxylic acids is 1. The zero-order valence-corrected chi connectivity index (χ0v) is 16.2. The van der Waals surface area contributed by atoms with Crippen molar-refractivity contribution in [2.45, 2.75) is 63.8 Å². The highest BCUT2D eigenvalue weighted by Gasteiger charge is 2.76. The summed E-state index contributed by atoms with van der Waals surface area (Å²) in [7, 11) is 0. The van der Waals surface area contributed by atoms with Crippen molar-refractivity contribution in [3.05, 3.63) is 23.6 Å². The minimum atomic E-state index is -2.25. The molecule has 0 aromatic rings. The first-order valence-electron chi connectivity index (χ1n) is 9.79. The van der Waals surface area contributed by atoms with Gasteiger partial charge in [0, 0.05) is 28.7 Å². The van der Waals surface area contributed by atoms with Crippen molar-refractivity contribution in [3.63, 3.8) is 0 Å². The number of aliphatic hydroxyl groups excluding tert-OH is 1. The third kappa shape index (κ3) is 1.92. The van der Waals surface area contributed by atoms with Crippen LogP contribution in [0.5, 0.6) is 0 Å². The first-order chi connectivity index (χ1) is 12.8. The Balaban J connectivity index is 1.93. The molecular formula is C21H26F2O5. The Morgan fingerprint density at radius 3 is 2.57 bits per heavy atom. The molecule has 4 aliphatic carbocycles. The van der Waals surface area contributed by atoms with E-state index in [0.717, 1.165) is 12.2 Å². The number of allylic oxidation sites excluding steroid dienone is 4. The van der Waals surface area contributed by atoms with E-state index in [1.807, 2.05) is 0 Å². The van der Waals surface area contributed by atoms with Crippen molar-refractivity contribution < 1.29 is 33.7 Å². The van der Waals surface area contributed by atoms with E-state index < -0.39 is 57.8 Å². The van der Waals surface area contributed by atoms with Crippen LogP contribution in [0, 0.1) is 28.6 Å². The molecule has 0 aliphatic heterocycles. The zero-order chi connectivity index (χ0) is 20.9. The number of hydrogen-bond donors (Lipinski definition) is 3. The number of carboxylic acid groups (broad SMARTS) is 1. The van der Waals surface area contributed by atoms with Gasteiger partial charge in [-0.15, -0.1) is 0 Å². The average Bonchev–Trinajstić information content (AvgIpc) is 2.81. The third-order valence-electron chi connectivity index (χ3n) is 8.56. The molecule has 4 rings (SSSR count). The van der Waals surface area contributed by atoms with Gasteiger partial charge in [-0.05, 0) is 43.3 Å². The second kappa shape index (κ2) is 5.51. The number of halogens is 2. The highest BCUT2D eigenvalue weighted by atomic mass is 19.1. The predicted molar refractivity (Wildman–Crippen MR) is 95.5 cm³/mol. The van der Waals surface area contributed by atoms with Crippen LogP contribution in [0.4, 0.5) is 8.78 Å². The molecular weight excluding hydrogens is 370 g/mol. The van der Waals surface area contributed by atoms with Crippen LogP contribution in [0.25, 0.3) is 0 Å². The summed E-state index contributed by atoms with van der Waals surface area (Å²) in [5.41, 5.74) is -7.11. The lowest BCUT2D eigenvalue weighted by Gasteiger charge is -2.61. The first kappa shape index (κ1) is 19.7. The molecule has 154 valence electrons. The van der Waals surface area contributed by atoms with Gasteiger partial charge in [-0.25, -0.2) is 13.6 Å². The van der Waals surface area contributed by atoms with Gasteiger partial charge in [-0.3, -0.25) is 4.79 Å². The Kier molecular flexibility index (Phi) is 3.88. The van der Waals surface area contributed by atoms with Crippen molar-refractivity contribution >= 4 is 11.8 Å². The van der Waals surface area contributed by atoms with Crippen LogP contribution in [0.3, 0.4) is 0 Å². The average molecular weight is 396 g/mol. The van der Waals surface area contributed by atoms with Gasteiger partial charge in [-0.1, -0.05) is 20.8 Å². The predicted octanol–water partition coefficient (Wildman–Crippen LogP) is 2.72. The van der Waals surface area contributed by atoms with Gasteiger partial charge in [0.2, 0.25) is 0 Å². The molecule has 0 aromatic heterocycles. The Morgan fingerprint density at radius 2 is 1.96 bits per heavy atom. The molecule has 0 saturated heterocycles. The van der Waals surface area contributed by atoms with Crippen molar-refractivity contribution in [3.8, 4) is 0 Å². The van der Waals surface area contributed by atoms with Crippen LogP contribution in [0.2, 0.25) is 0 Å². The number of carbonyl (C=O) groups excluding carboxylic acids is 1. The Labute approximate surface area is 162 Å². The maximum atomic E-state index is 16.8. The molecule has 0 aromatic carbocycles. The normalized spacial score (nSPS) is 52.9. The van der Waals surface area contributed by atoms with E-state index in [-0.39, 0.29) is 37.0 Å². The molecule has 0 heterocycles. The summed E-state index contributed by atoms with van der Waals surface area (Å²) in [5, 5.41) is 31.8. The number of carbonyl (C=O) groups is 2. The van der Waals surface area contributed by atoms with E-state index in [1.54, 1.807) is 20.8 Å². The molecule has 8 atom stereocenters. The first-order valence-corrected chi connectivity index (χ1v) is 9.79. The highest BCUT2D eigenvalue weighted by molar-refractivity contribution is 5.92. The van der Waals surface area contributed by atoms with E-state index in [2.05, 4.69) is 0 Å². The third-order valence-corrected chi connectivity index (χ3v) is 8.56. The van der Waals surface area contributed by atoms with E-state index in [9.17, 15) is 24.9 Å². The van der Waals surface area contributed by atoms with Gasteiger partial charge in [0.25, 0.3) is 0 Å². The van der Waals surface area contributed by atoms with Crippen molar-refractivity contribution in [1.29, 1.82) is 0 Å². The summed E-state index contributed by atoms with van der Waals surface area (Å²) in [6, 6.07) is 0. The lowest BCUT2D eigenvalue weighted by molar-refractivity contribution is -0.220. The zero-order valence-electron chi connectivity index (χ0n) is 16.2. The van der Waals surface area contributed by atoms with Crippen LogP contribution in [-0.4, -0.2) is 44.4 Å². The molecule has 0 radical (unpaired) electrons. The van der Waals surface area contributed by atoms with E-state index in [4.69, 9.17) is 0 Å². The fourth-order valence-corrected chi connectivity index (χ4v) is 6.88. The van der Waals surface area contributed by atoms with Crippen molar-refractivity contribution in [2.24, 2.45) is 28.6 Å². The number of ketones is 1. The van der Waals surface area contributed by atoms with Crippen LogP contribution < -0.4 is 0 Å². The molecule has 2 saturated carbocycles. The maximum absolute atomic E-state index is 16.8. The second-order valence-electron chi connectivity index (χ2n) is 9.62. The van der Waals surface area contributed by atoms with Gasteiger partial charge >= 0.3 is 5.97 Å². The van der Waals surface area contributed by atoms with Crippen LogP contribution in [0.15, 0.2) is 23.6 Å². The monoisotopic (exact) mass is 396 g/mol. The summed E-state index contributed by atoms with van der Waals surface area (Å²) in [4.78, 5) is 23.8. The smallest absolute Gasteiger partial charge is 0.336 e. The van der Waals surface area contributed by atoms with E-state index >= 15 is 8.78 Å². The minimum Gasteiger partial charge on any atom is -0.479 e. The highest BCUT2D eigenvalue weighted by Crippen LogP contribution is 2.70. The molecule has 4 aliphatic rings. The largest absolute Gasteiger partial charge is 0.479 e. The summed E-state index contributed by atoms with van der Waals surface area (Å²) in [6.07, 6.45) is 0.752. The topological polar surface area (TPSA) is 94.8 Å². The summed E-state index contributed by atoms with van der Waals surface area (Å²) in [5.74, 6) is -4.79. The van der Waals surface area contributed by atoms with Gasteiger partial charge < -0.3 is 15.3 Å². The maximum Gasteiger partial charge on any atom is 0.336 e. The number of aliphatic carboxylic acids is 1. The van der Waals surface area contributed by atoms with Gasteiger partial charge in [0.15, 0.2) is 17.1 Å². The Bertz CT molecular complexity index is 837. The molecule has 8 unspecified atom stereocenters.